The number of hydrogen-bond acceptors (Lipinski definition) is 3. The van der Waals surface area contributed by atoms with Crippen molar-refractivity contribution in [1.82, 2.24) is 5.32 Å². The molecule has 0 atom stereocenters. The van der Waals surface area contributed by atoms with E-state index < -0.39 is 0 Å². The number of halogens is 1. The van der Waals surface area contributed by atoms with Crippen molar-refractivity contribution in [1.29, 1.82) is 0 Å². The van der Waals surface area contributed by atoms with Gasteiger partial charge >= 0.3 is 0 Å². The minimum Gasteiger partial charge on any atom is -0.491 e. The quantitative estimate of drug-likeness (QED) is 0.713. The lowest BCUT2D eigenvalue weighted by Gasteiger charge is -2.11. The average Bonchev–Trinajstić information content (AvgIpc) is 2.55. The summed E-state index contributed by atoms with van der Waals surface area (Å²) < 4.78 is 5.57. The number of carbonyl (C=O) groups is 1. The Labute approximate surface area is 148 Å². The molecular formula is C19H23ClN2O2. The number of nitrogens with one attached hydrogen (secondary N) is 2. The molecule has 0 unspecified atom stereocenters. The van der Waals surface area contributed by atoms with E-state index in [0.29, 0.717) is 0 Å². The van der Waals surface area contributed by atoms with Crippen molar-refractivity contribution in [3.63, 3.8) is 0 Å². The molecule has 0 fully saturated rings. The van der Waals surface area contributed by atoms with Gasteiger partial charge < -0.3 is 15.4 Å². The molecular weight excluding hydrogens is 324 g/mol. The third-order valence-corrected chi connectivity index (χ3v) is 3.55. The summed E-state index contributed by atoms with van der Waals surface area (Å²) in [5.41, 5.74) is 1.95. The normalized spacial score (nSPS) is 10.7. The number of benzene rings is 2. The van der Waals surface area contributed by atoms with Crippen LogP contribution in [0.15, 0.2) is 48.5 Å². The number of amides is 1. The standard InChI is InChI=1S/C19H23ClN2O2/c1-14(2)24-18-9-7-17(8-10-18)22-19(23)13-21-12-11-15-3-5-16(20)6-4-15/h3-10,14,21H,11-13H2,1-2H3,(H,22,23). The van der Waals surface area contributed by atoms with Gasteiger partial charge in [-0.1, -0.05) is 23.7 Å². The number of anilines is 1. The van der Waals surface area contributed by atoms with Gasteiger partial charge in [0, 0.05) is 10.7 Å². The van der Waals surface area contributed by atoms with Crippen molar-refractivity contribution in [3.05, 3.63) is 59.1 Å². The molecule has 1 amide bonds. The van der Waals surface area contributed by atoms with Gasteiger partial charge in [0.05, 0.1) is 12.6 Å². The van der Waals surface area contributed by atoms with Gasteiger partial charge in [0.15, 0.2) is 0 Å². The van der Waals surface area contributed by atoms with Gasteiger partial charge in [-0.25, -0.2) is 0 Å². The van der Waals surface area contributed by atoms with Gasteiger partial charge in [0.25, 0.3) is 0 Å². The van der Waals surface area contributed by atoms with Crippen LogP contribution in [0.1, 0.15) is 19.4 Å². The van der Waals surface area contributed by atoms with E-state index in [1.165, 1.54) is 5.56 Å². The monoisotopic (exact) mass is 346 g/mol. The van der Waals surface area contributed by atoms with E-state index in [1.807, 2.05) is 62.4 Å². The predicted molar refractivity (Wildman–Crippen MR) is 98.9 cm³/mol. The van der Waals surface area contributed by atoms with Crippen molar-refractivity contribution < 1.29 is 9.53 Å². The molecule has 128 valence electrons. The van der Waals surface area contributed by atoms with Gasteiger partial charge in [0.1, 0.15) is 5.75 Å². The first-order chi connectivity index (χ1) is 11.5. The minimum atomic E-state index is -0.0661. The van der Waals surface area contributed by atoms with Gasteiger partial charge in [-0.15, -0.1) is 0 Å². The highest BCUT2D eigenvalue weighted by Crippen LogP contribution is 2.16. The zero-order chi connectivity index (χ0) is 17.4. The Kier molecular flexibility index (Phi) is 7.09. The van der Waals surface area contributed by atoms with Crippen LogP contribution in [0.25, 0.3) is 0 Å². The van der Waals surface area contributed by atoms with Gasteiger partial charge in [-0.2, -0.15) is 0 Å². The maximum Gasteiger partial charge on any atom is 0.238 e. The van der Waals surface area contributed by atoms with Crippen molar-refractivity contribution in [2.24, 2.45) is 0 Å². The molecule has 4 nitrogen and oxygen atoms in total. The van der Waals surface area contributed by atoms with Gasteiger partial charge in [-0.3, -0.25) is 4.79 Å². The lowest BCUT2D eigenvalue weighted by molar-refractivity contribution is -0.115. The summed E-state index contributed by atoms with van der Waals surface area (Å²) in [6, 6.07) is 15.1. The Morgan fingerprint density at radius 2 is 1.75 bits per heavy atom. The van der Waals surface area contributed by atoms with Crippen LogP contribution >= 0.6 is 11.6 Å². The van der Waals surface area contributed by atoms with E-state index in [4.69, 9.17) is 16.3 Å². The van der Waals surface area contributed by atoms with E-state index in [1.54, 1.807) is 0 Å². The third-order valence-electron chi connectivity index (χ3n) is 3.30. The summed E-state index contributed by atoms with van der Waals surface area (Å²) in [4.78, 5) is 11.9. The zero-order valence-corrected chi connectivity index (χ0v) is 14.8. The Morgan fingerprint density at radius 3 is 2.38 bits per heavy atom. The van der Waals surface area contributed by atoms with Crippen molar-refractivity contribution >= 4 is 23.2 Å². The lowest BCUT2D eigenvalue weighted by Crippen LogP contribution is -2.29. The Balaban J connectivity index is 1.68. The van der Waals surface area contributed by atoms with Crippen LogP contribution in [0.4, 0.5) is 5.69 Å². The summed E-state index contributed by atoms with van der Waals surface area (Å²) in [5, 5.41) is 6.72. The van der Waals surface area contributed by atoms with E-state index in [9.17, 15) is 4.79 Å². The minimum absolute atomic E-state index is 0.0661. The highest BCUT2D eigenvalue weighted by atomic mass is 35.5. The molecule has 2 rings (SSSR count). The number of hydrogen-bond donors (Lipinski definition) is 2. The Bertz CT molecular complexity index is 639. The first kappa shape index (κ1) is 18.3. The molecule has 0 radical (unpaired) electrons. The van der Waals surface area contributed by atoms with Crippen molar-refractivity contribution in [3.8, 4) is 5.75 Å². The fraction of sp³-hybridized carbons (Fsp3) is 0.316. The van der Waals surface area contributed by atoms with Crippen LogP contribution in [0.3, 0.4) is 0 Å². The first-order valence-corrected chi connectivity index (χ1v) is 8.42. The number of carbonyl (C=O) groups excluding carboxylic acids is 1. The lowest BCUT2D eigenvalue weighted by atomic mass is 10.1. The molecule has 0 saturated heterocycles. The van der Waals surface area contributed by atoms with Crippen LogP contribution in [0.5, 0.6) is 5.75 Å². The van der Waals surface area contributed by atoms with Crippen LogP contribution in [0.2, 0.25) is 5.02 Å². The topological polar surface area (TPSA) is 50.4 Å². The van der Waals surface area contributed by atoms with E-state index in [-0.39, 0.29) is 18.6 Å². The smallest absolute Gasteiger partial charge is 0.238 e. The average molecular weight is 347 g/mol. The highest BCUT2D eigenvalue weighted by molar-refractivity contribution is 6.30. The predicted octanol–water partition coefficient (Wildman–Crippen LogP) is 3.90. The third kappa shape index (κ3) is 6.60. The van der Waals surface area contributed by atoms with Crippen LogP contribution in [0, 0.1) is 0 Å². The maximum absolute atomic E-state index is 11.9. The van der Waals surface area contributed by atoms with E-state index in [0.717, 1.165) is 29.4 Å². The second kappa shape index (κ2) is 9.30. The first-order valence-electron chi connectivity index (χ1n) is 8.04. The molecule has 0 heterocycles. The molecule has 0 spiro atoms. The number of ether oxygens (including phenoxy) is 1. The van der Waals surface area contributed by atoms with Crippen LogP contribution < -0.4 is 15.4 Å². The second-order valence-electron chi connectivity index (χ2n) is 5.79. The fourth-order valence-electron chi connectivity index (χ4n) is 2.18. The zero-order valence-electron chi connectivity index (χ0n) is 14.0. The molecule has 24 heavy (non-hydrogen) atoms. The van der Waals surface area contributed by atoms with E-state index in [2.05, 4.69) is 10.6 Å². The molecule has 0 bridgehead atoms. The molecule has 2 N–H and O–H groups in total. The summed E-state index contributed by atoms with van der Waals surface area (Å²) in [5.74, 6) is 0.729. The number of rotatable bonds is 8. The van der Waals surface area contributed by atoms with Gasteiger partial charge in [-0.05, 0) is 68.8 Å². The largest absolute Gasteiger partial charge is 0.491 e. The molecule has 0 aliphatic heterocycles. The SMILES string of the molecule is CC(C)Oc1ccc(NC(=O)CNCCc2ccc(Cl)cc2)cc1. The van der Waals surface area contributed by atoms with Crippen molar-refractivity contribution in [2.45, 2.75) is 26.4 Å². The highest BCUT2D eigenvalue weighted by Gasteiger charge is 2.03. The summed E-state index contributed by atoms with van der Waals surface area (Å²) >= 11 is 5.85. The maximum atomic E-state index is 11.9. The van der Waals surface area contributed by atoms with Crippen LogP contribution in [-0.2, 0) is 11.2 Å². The summed E-state index contributed by atoms with van der Waals surface area (Å²) in [7, 11) is 0. The summed E-state index contributed by atoms with van der Waals surface area (Å²) in [6.45, 7) is 4.96. The second-order valence-corrected chi connectivity index (χ2v) is 6.23. The Morgan fingerprint density at radius 1 is 1.08 bits per heavy atom. The molecule has 0 saturated carbocycles. The molecule has 5 heteroatoms. The molecule has 0 aromatic heterocycles. The molecule has 0 aliphatic rings. The molecule has 2 aromatic carbocycles. The fourth-order valence-corrected chi connectivity index (χ4v) is 2.31. The van der Waals surface area contributed by atoms with Gasteiger partial charge in [0.2, 0.25) is 5.91 Å². The molecule has 2 aromatic rings. The van der Waals surface area contributed by atoms with Crippen molar-refractivity contribution in [2.75, 3.05) is 18.4 Å². The Hall–Kier alpha value is -2.04. The van der Waals surface area contributed by atoms with E-state index >= 15 is 0 Å². The molecule has 0 aliphatic carbocycles. The summed E-state index contributed by atoms with van der Waals surface area (Å²) in [6.07, 6.45) is 0.987. The van der Waals surface area contributed by atoms with Crippen LogP contribution in [-0.4, -0.2) is 25.1 Å².